The summed E-state index contributed by atoms with van der Waals surface area (Å²) in [6.07, 6.45) is 5.60. The van der Waals surface area contributed by atoms with Gasteiger partial charge in [0.25, 0.3) is 0 Å². The van der Waals surface area contributed by atoms with E-state index in [-0.39, 0.29) is 0 Å². The van der Waals surface area contributed by atoms with E-state index >= 15 is 0 Å². The molecule has 0 aliphatic carbocycles. The van der Waals surface area contributed by atoms with E-state index < -0.39 is 0 Å². The minimum absolute atomic E-state index is 0.688. The van der Waals surface area contributed by atoms with Crippen molar-refractivity contribution >= 4 is 0 Å². The number of rotatable bonds is 3. The molecule has 0 bridgehead atoms. The first-order chi connectivity index (χ1) is 6.79. The second-order valence-corrected chi connectivity index (χ2v) is 5.06. The van der Waals surface area contributed by atoms with Crippen LogP contribution in [-0.4, -0.2) is 37.1 Å². The molecule has 2 rings (SSSR count). The van der Waals surface area contributed by atoms with Gasteiger partial charge in [-0.25, -0.2) is 0 Å². The maximum absolute atomic E-state index is 3.37. The van der Waals surface area contributed by atoms with Gasteiger partial charge in [0.2, 0.25) is 0 Å². The van der Waals surface area contributed by atoms with Crippen LogP contribution < -0.4 is 5.32 Å². The molecule has 0 aromatic heterocycles. The van der Waals surface area contributed by atoms with Crippen molar-refractivity contribution in [3.05, 3.63) is 0 Å². The molecule has 2 nitrogen and oxygen atoms in total. The van der Waals surface area contributed by atoms with Gasteiger partial charge in [-0.05, 0) is 31.3 Å². The van der Waals surface area contributed by atoms with Crippen LogP contribution in [0.2, 0.25) is 0 Å². The molecule has 2 heteroatoms. The Hall–Kier alpha value is -0.0800. The van der Waals surface area contributed by atoms with Crippen LogP contribution in [0.1, 0.15) is 39.5 Å². The highest BCUT2D eigenvalue weighted by molar-refractivity contribution is 4.91. The van der Waals surface area contributed by atoms with Crippen LogP contribution in [0, 0.1) is 5.41 Å². The number of likely N-dealkylation sites (tertiary alicyclic amines) is 1. The van der Waals surface area contributed by atoms with Crippen molar-refractivity contribution in [1.29, 1.82) is 0 Å². The van der Waals surface area contributed by atoms with Gasteiger partial charge >= 0.3 is 0 Å². The summed E-state index contributed by atoms with van der Waals surface area (Å²) in [5.74, 6) is 0. The third kappa shape index (κ3) is 1.82. The summed E-state index contributed by atoms with van der Waals surface area (Å²) in [6, 6.07) is 0.863. The molecule has 2 heterocycles. The van der Waals surface area contributed by atoms with Crippen LogP contribution in [-0.2, 0) is 0 Å². The van der Waals surface area contributed by atoms with E-state index in [0.29, 0.717) is 5.41 Å². The van der Waals surface area contributed by atoms with Gasteiger partial charge in [-0.2, -0.15) is 0 Å². The highest BCUT2D eigenvalue weighted by Crippen LogP contribution is 2.38. The van der Waals surface area contributed by atoms with Crippen LogP contribution in [0.25, 0.3) is 0 Å². The van der Waals surface area contributed by atoms with E-state index in [1.165, 1.54) is 51.9 Å². The first-order valence-electron chi connectivity index (χ1n) is 6.24. The Kier molecular flexibility index (Phi) is 3.13. The third-order valence-electron chi connectivity index (χ3n) is 4.64. The Balaban J connectivity index is 1.84. The van der Waals surface area contributed by atoms with Crippen LogP contribution in [0.4, 0.5) is 0 Å². The van der Waals surface area contributed by atoms with Crippen molar-refractivity contribution in [3.63, 3.8) is 0 Å². The molecule has 0 radical (unpaired) electrons. The number of nitrogens with one attached hydrogen (secondary N) is 1. The first kappa shape index (κ1) is 10.4. The van der Waals surface area contributed by atoms with Crippen LogP contribution in [0.15, 0.2) is 0 Å². The molecule has 14 heavy (non-hydrogen) atoms. The van der Waals surface area contributed by atoms with Crippen LogP contribution >= 0.6 is 0 Å². The number of nitrogens with zero attached hydrogens (tertiary/aromatic N) is 1. The summed E-state index contributed by atoms with van der Waals surface area (Å²) in [4.78, 5) is 2.69. The predicted molar refractivity (Wildman–Crippen MR) is 60.5 cm³/mol. The summed E-state index contributed by atoms with van der Waals surface area (Å²) in [7, 11) is 0. The summed E-state index contributed by atoms with van der Waals surface area (Å²) in [6.45, 7) is 9.87. The zero-order chi connectivity index (χ0) is 10.0. The summed E-state index contributed by atoms with van der Waals surface area (Å²) in [5.41, 5.74) is 0.688. The molecular formula is C12H24N2. The molecule has 0 amide bonds. The number of hydrogen-bond donors (Lipinski definition) is 1. The lowest BCUT2D eigenvalue weighted by atomic mass is 9.74. The smallest absolute Gasteiger partial charge is 0.0345 e. The first-order valence-corrected chi connectivity index (χ1v) is 6.24. The second kappa shape index (κ2) is 4.19. The normalized spacial score (nSPS) is 28.7. The summed E-state index contributed by atoms with van der Waals surface area (Å²) in [5, 5.41) is 3.37. The molecule has 2 fully saturated rings. The highest BCUT2D eigenvalue weighted by atomic mass is 15.2. The molecule has 1 N–H and O–H groups in total. The third-order valence-corrected chi connectivity index (χ3v) is 4.64. The van der Waals surface area contributed by atoms with Crippen molar-refractivity contribution < 1.29 is 0 Å². The van der Waals surface area contributed by atoms with Crippen molar-refractivity contribution in [3.8, 4) is 0 Å². The van der Waals surface area contributed by atoms with Crippen molar-refractivity contribution in [2.24, 2.45) is 5.41 Å². The Labute approximate surface area is 88.1 Å². The van der Waals surface area contributed by atoms with E-state index in [4.69, 9.17) is 0 Å². The fraction of sp³-hybridized carbons (Fsp3) is 1.00. The van der Waals surface area contributed by atoms with Gasteiger partial charge < -0.3 is 5.32 Å². The highest BCUT2D eigenvalue weighted by Gasteiger charge is 2.34. The average molecular weight is 196 g/mol. The SMILES string of the molecule is CCC1(CC)CCN(C2CNC2)CC1. The molecule has 0 aromatic carbocycles. The van der Waals surface area contributed by atoms with E-state index in [1.807, 2.05) is 0 Å². The molecule has 2 aliphatic heterocycles. The molecule has 0 saturated carbocycles. The van der Waals surface area contributed by atoms with Crippen LogP contribution in [0.3, 0.4) is 0 Å². The standard InChI is InChI=1S/C12H24N2/c1-3-12(4-2)5-7-14(8-6-12)11-9-13-10-11/h11,13H,3-10H2,1-2H3. The molecule has 0 unspecified atom stereocenters. The zero-order valence-corrected chi connectivity index (χ0v) is 9.68. The average Bonchev–Trinajstić information content (AvgIpc) is 2.17. The molecule has 2 saturated heterocycles. The second-order valence-electron chi connectivity index (χ2n) is 5.06. The lowest BCUT2D eigenvalue weighted by Gasteiger charge is -2.46. The van der Waals surface area contributed by atoms with E-state index in [0.717, 1.165) is 6.04 Å². The Morgan fingerprint density at radius 1 is 1.14 bits per heavy atom. The molecular weight excluding hydrogens is 172 g/mol. The molecule has 82 valence electrons. The number of piperidine rings is 1. The summed E-state index contributed by atoms with van der Waals surface area (Å²) < 4.78 is 0. The lowest BCUT2D eigenvalue weighted by molar-refractivity contribution is 0.0482. The van der Waals surface area contributed by atoms with Crippen molar-refractivity contribution in [2.75, 3.05) is 26.2 Å². The molecule has 0 atom stereocenters. The maximum atomic E-state index is 3.37. The molecule has 0 spiro atoms. The largest absolute Gasteiger partial charge is 0.314 e. The quantitative estimate of drug-likeness (QED) is 0.741. The Morgan fingerprint density at radius 2 is 1.71 bits per heavy atom. The maximum Gasteiger partial charge on any atom is 0.0345 e. The minimum Gasteiger partial charge on any atom is -0.314 e. The van der Waals surface area contributed by atoms with Gasteiger partial charge in [-0.3, -0.25) is 4.90 Å². The van der Waals surface area contributed by atoms with E-state index in [2.05, 4.69) is 24.1 Å². The van der Waals surface area contributed by atoms with Gasteiger partial charge in [0, 0.05) is 19.1 Å². The van der Waals surface area contributed by atoms with Crippen LogP contribution in [0.5, 0.6) is 0 Å². The minimum atomic E-state index is 0.688. The van der Waals surface area contributed by atoms with Gasteiger partial charge in [0.1, 0.15) is 0 Å². The van der Waals surface area contributed by atoms with Crippen molar-refractivity contribution in [1.82, 2.24) is 10.2 Å². The monoisotopic (exact) mass is 196 g/mol. The number of hydrogen-bond acceptors (Lipinski definition) is 2. The van der Waals surface area contributed by atoms with E-state index in [1.54, 1.807) is 0 Å². The Bertz CT molecular complexity index is 173. The summed E-state index contributed by atoms with van der Waals surface area (Å²) >= 11 is 0. The fourth-order valence-electron chi connectivity index (χ4n) is 2.85. The zero-order valence-electron chi connectivity index (χ0n) is 9.68. The van der Waals surface area contributed by atoms with Gasteiger partial charge in [0.05, 0.1) is 0 Å². The molecule has 0 aromatic rings. The fourth-order valence-corrected chi connectivity index (χ4v) is 2.85. The van der Waals surface area contributed by atoms with E-state index in [9.17, 15) is 0 Å². The van der Waals surface area contributed by atoms with Gasteiger partial charge in [0.15, 0.2) is 0 Å². The van der Waals surface area contributed by atoms with Gasteiger partial charge in [-0.15, -0.1) is 0 Å². The Morgan fingerprint density at radius 3 is 2.07 bits per heavy atom. The van der Waals surface area contributed by atoms with Crippen molar-refractivity contribution in [2.45, 2.75) is 45.6 Å². The molecule has 2 aliphatic rings. The van der Waals surface area contributed by atoms with Gasteiger partial charge in [-0.1, -0.05) is 26.7 Å². The lowest BCUT2D eigenvalue weighted by Crippen LogP contribution is -2.59. The predicted octanol–water partition coefficient (Wildman–Crippen LogP) is 1.86. The topological polar surface area (TPSA) is 15.3 Å².